The highest BCUT2D eigenvalue weighted by Crippen LogP contribution is 2.33. The Morgan fingerprint density at radius 3 is 2.58 bits per heavy atom. The number of rotatable bonds is 2. The molecule has 12 heavy (non-hydrogen) atoms. The van der Waals surface area contributed by atoms with E-state index in [-0.39, 0.29) is 11.4 Å². The number of hydrogen-bond donors (Lipinski definition) is 1. The third kappa shape index (κ3) is 1.94. The zero-order valence-electron chi connectivity index (χ0n) is 8.02. The maximum absolute atomic E-state index is 11.0. The van der Waals surface area contributed by atoms with E-state index in [9.17, 15) is 4.79 Å². The molecular formula is C9H17NOS. The number of carbonyl (C=O) groups excluding carboxylic acids is 1. The Balaban J connectivity index is 2.65. The largest absolute Gasteiger partial charge is 0.350 e. The summed E-state index contributed by atoms with van der Waals surface area (Å²) < 4.78 is 0. The van der Waals surface area contributed by atoms with Gasteiger partial charge < -0.3 is 5.32 Å². The number of amides is 1. The van der Waals surface area contributed by atoms with Crippen molar-refractivity contribution in [3.8, 4) is 0 Å². The van der Waals surface area contributed by atoms with Gasteiger partial charge in [0.05, 0.1) is 5.54 Å². The van der Waals surface area contributed by atoms with Gasteiger partial charge in [0.2, 0.25) is 5.91 Å². The van der Waals surface area contributed by atoms with Gasteiger partial charge in [0.1, 0.15) is 0 Å². The van der Waals surface area contributed by atoms with Crippen molar-refractivity contribution >= 4 is 17.7 Å². The number of carbonyl (C=O) groups is 1. The van der Waals surface area contributed by atoms with Crippen molar-refractivity contribution in [1.82, 2.24) is 5.32 Å². The molecule has 1 aliphatic rings. The standard InChI is InChI=1S/C9H17NOS/c1-7(2)9(10-8(3)11)4-5-12-6-9/h7H,4-6H2,1-3H3,(H,10,11). The molecule has 0 saturated carbocycles. The molecule has 0 aromatic carbocycles. The summed E-state index contributed by atoms with van der Waals surface area (Å²) in [6.45, 7) is 5.97. The van der Waals surface area contributed by atoms with Crippen LogP contribution in [0.25, 0.3) is 0 Å². The molecule has 1 heterocycles. The summed E-state index contributed by atoms with van der Waals surface area (Å²) in [5.74, 6) is 2.89. The molecule has 1 amide bonds. The van der Waals surface area contributed by atoms with Crippen molar-refractivity contribution in [2.24, 2.45) is 5.92 Å². The highest BCUT2D eigenvalue weighted by atomic mass is 32.2. The van der Waals surface area contributed by atoms with Crippen LogP contribution in [-0.2, 0) is 4.79 Å². The molecule has 0 radical (unpaired) electrons. The van der Waals surface area contributed by atoms with E-state index in [0.717, 1.165) is 12.2 Å². The summed E-state index contributed by atoms with van der Waals surface area (Å²) >= 11 is 1.94. The van der Waals surface area contributed by atoms with Gasteiger partial charge in [0.15, 0.2) is 0 Å². The van der Waals surface area contributed by atoms with Gasteiger partial charge in [-0.25, -0.2) is 0 Å². The van der Waals surface area contributed by atoms with Gasteiger partial charge >= 0.3 is 0 Å². The maximum Gasteiger partial charge on any atom is 0.217 e. The molecule has 0 spiro atoms. The molecule has 0 aliphatic carbocycles. The van der Waals surface area contributed by atoms with Crippen LogP contribution in [0.1, 0.15) is 27.2 Å². The minimum Gasteiger partial charge on any atom is -0.350 e. The monoisotopic (exact) mass is 187 g/mol. The first-order valence-corrected chi connectivity index (χ1v) is 5.59. The quantitative estimate of drug-likeness (QED) is 0.712. The Labute approximate surface area is 78.5 Å². The molecule has 1 atom stereocenters. The van der Waals surface area contributed by atoms with Gasteiger partial charge in [-0.1, -0.05) is 13.8 Å². The average molecular weight is 187 g/mol. The molecule has 0 bridgehead atoms. The van der Waals surface area contributed by atoms with Crippen LogP contribution < -0.4 is 5.32 Å². The van der Waals surface area contributed by atoms with E-state index in [1.807, 2.05) is 11.8 Å². The first-order chi connectivity index (χ1) is 5.57. The minimum atomic E-state index is 0.0799. The lowest BCUT2D eigenvalue weighted by molar-refractivity contribution is -0.121. The fraction of sp³-hybridized carbons (Fsp3) is 0.889. The average Bonchev–Trinajstić information content (AvgIpc) is 2.35. The molecule has 1 fully saturated rings. The number of thioether (sulfide) groups is 1. The summed E-state index contributed by atoms with van der Waals surface area (Å²) in [4.78, 5) is 11.0. The van der Waals surface area contributed by atoms with E-state index < -0.39 is 0 Å². The Morgan fingerprint density at radius 2 is 2.25 bits per heavy atom. The van der Waals surface area contributed by atoms with Crippen molar-refractivity contribution in [1.29, 1.82) is 0 Å². The van der Waals surface area contributed by atoms with Crippen LogP contribution in [0.2, 0.25) is 0 Å². The molecular weight excluding hydrogens is 170 g/mol. The first-order valence-electron chi connectivity index (χ1n) is 4.43. The first kappa shape index (κ1) is 9.90. The van der Waals surface area contributed by atoms with Crippen molar-refractivity contribution in [3.63, 3.8) is 0 Å². The van der Waals surface area contributed by atoms with Crippen LogP contribution >= 0.6 is 11.8 Å². The van der Waals surface area contributed by atoms with E-state index in [0.29, 0.717) is 5.92 Å². The van der Waals surface area contributed by atoms with E-state index in [1.54, 1.807) is 6.92 Å². The third-order valence-corrected chi connectivity index (χ3v) is 3.79. The smallest absolute Gasteiger partial charge is 0.217 e. The van der Waals surface area contributed by atoms with Gasteiger partial charge in [0.25, 0.3) is 0 Å². The fourth-order valence-electron chi connectivity index (χ4n) is 1.63. The molecule has 1 saturated heterocycles. The molecule has 1 unspecified atom stereocenters. The van der Waals surface area contributed by atoms with Crippen LogP contribution in [0.4, 0.5) is 0 Å². The molecule has 2 nitrogen and oxygen atoms in total. The normalized spacial score (nSPS) is 29.3. The van der Waals surface area contributed by atoms with Crippen molar-refractivity contribution < 1.29 is 4.79 Å². The highest BCUT2D eigenvalue weighted by Gasteiger charge is 2.37. The summed E-state index contributed by atoms with van der Waals surface area (Å²) in [6.07, 6.45) is 1.12. The highest BCUT2D eigenvalue weighted by molar-refractivity contribution is 7.99. The van der Waals surface area contributed by atoms with Crippen molar-refractivity contribution in [3.05, 3.63) is 0 Å². The number of nitrogens with one attached hydrogen (secondary N) is 1. The zero-order chi connectivity index (χ0) is 9.19. The van der Waals surface area contributed by atoms with Crippen LogP contribution in [0, 0.1) is 5.92 Å². The summed E-state index contributed by atoms with van der Waals surface area (Å²) in [6, 6.07) is 0. The van der Waals surface area contributed by atoms with E-state index in [1.165, 1.54) is 5.75 Å². The predicted molar refractivity (Wildman–Crippen MR) is 53.3 cm³/mol. The number of hydrogen-bond acceptors (Lipinski definition) is 2. The summed E-state index contributed by atoms with van der Waals surface area (Å²) in [7, 11) is 0. The van der Waals surface area contributed by atoms with Crippen molar-refractivity contribution in [2.75, 3.05) is 11.5 Å². The lowest BCUT2D eigenvalue weighted by Crippen LogP contribution is -2.51. The van der Waals surface area contributed by atoms with Crippen LogP contribution in [-0.4, -0.2) is 23.0 Å². The third-order valence-electron chi connectivity index (χ3n) is 2.58. The predicted octanol–water partition coefficient (Wildman–Crippen LogP) is 1.65. The summed E-state index contributed by atoms with van der Waals surface area (Å²) in [5.41, 5.74) is 0.0799. The van der Waals surface area contributed by atoms with Crippen molar-refractivity contribution in [2.45, 2.75) is 32.7 Å². The molecule has 1 rings (SSSR count). The van der Waals surface area contributed by atoms with Crippen LogP contribution in [0.3, 0.4) is 0 Å². The molecule has 1 N–H and O–H groups in total. The van der Waals surface area contributed by atoms with Gasteiger partial charge in [0, 0.05) is 12.7 Å². The summed E-state index contributed by atoms with van der Waals surface area (Å²) in [5, 5.41) is 3.09. The lowest BCUT2D eigenvalue weighted by atomic mass is 9.86. The van der Waals surface area contributed by atoms with Crippen LogP contribution in [0.15, 0.2) is 0 Å². The molecule has 1 aliphatic heterocycles. The Bertz CT molecular complexity index is 173. The second-order valence-corrected chi connectivity index (χ2v) is 4.90. The second-order valence-electron chi connectivity index (χ2n) is 3.79. The van der Waals surface area contributed by atoms with E-state index >= 15 is 0 Å². The lowest BCUT2D eigenvalue weighted by Gasteiger charge is -2.33. The topological polar surface area (TPSA) is 29.1 Å². The SMILES string of the molecule is CC(=O)NC1(C(C)C)CCSC1. The second kappa shape index (κ2) is 3.69. The van der Waals surface area contributed by atoms with Gasteiger partial charge in [-0.3, -0.25) is 4.79 Å². The Kier molecular flexibility index (Phi) is 3.04. The Morgan fingerprint density at radius 1 is 1.58 bits per heavy atom. The van der Waals surface area contributed by atoms with Crippen LogP contribution in [0.5, 0.6) is 0 Å². The van der Waals surface area contributed by atoms with E-state index in [2.05, 4.69) is 19.2 Å². The van der Waals surface area contributed by atoms with Gasteiger partial charge in [-0.2, -0.15) is 11.8 Å². The molecule has 0 aromatic rings. The molecule has 0 aromatic heterocycles. The molecule has 70 valence electrons. The minimum absolute atomic E-state index is 0.0799. The maximum atomic E-state index is 11.0. The molecule has 3 heteroatoms. The van der Waals surface area contributed by atoms with Gasteiger partial charge in [-0.15, -0.1) is 0 Å². The fourth-order valence-corrected chi connectivity index (χ4v) is 3.20. The Hall–Kier alpha value is -0.180. The van der Waals surface area contributed by atoms with Gasteiger partial charge in [-0.05, 0) is 18.1 Å². The van der Waals surface area contributed by atoms with E-state index in [4.69, 9.17) is 0 Å². The zero-order valence-corrected chi connectivity index (χ0v) is 8.83.